The Morgan fingerprint density at radius 2 is 2.10 bits per heavy atom. The van der Waals surface area contributed by atoms with Gasteiger partial charge in [-0.2, -0.15) is 5.10 Å². The molecule has 2 rings (SSSR count). The molecule has 0 saturated carbocycles. The van der Waals surface area contributed by atoms with Gasteiger partial charge in [0.25, 0.3) is 5.91 Å². The zero-order chi connectivity index (χ0) is 14.9. The van der Waals surface area contributed by atoms with Gasteiger partial charge in [-0.05, 0) is 19.1 Å². The Bertz CT molecular complexity index is 668. The molecule has 0 aliphatic heterocycles. The molecule has 106 valence electrons. The van der Waals surface area contributed by atoms with Gasteiger partial charge in [0.2, 0.25) is 0 Å². The molecule has 0 saturated heterocycles. The van der Waals surface area contributed by atoms with Crippen LogP contribution in [0.4, 0.5) is 14.5 Å². The van der Waals surface area contributed by atoms with Gasteiger partial charge in [0.15, 0.2) is 17.4 Å². The maximum absolute atomic E-state index is 13.9. The Kier molecular flexibility index (Phi) is 3.69. The lowest BCUT2D eigenvalue weighted by atomic mass is 10.1. The van der Waals surface area contributed by atoms with Crippen LogP contribution in [0.1, 0.15) is 16.1 Å². The van der Waals surface area contributed by atoms with Crippen molar-refractivity contribution in [2.75, 3.05) is 12.4 Å². The summed E-state index contributed by atoms with van der Waals surface area (Å²) in [7, 11) is 2.83. The first-order valence-electron chi connectivity index (χ1n) is 5.77. The number of amides is 1. The first-order valence-corrected chi connectivity index (χ1v) is 5.77. The van der Waals surface area contributed by atoms with Crippen molar-refractivity contribution in [3.05, 3.63) is 41.2 Å². The summed E-state index contributed by atoms with van der Waals surface area (Å²) in [5.74, 6) is -3.18. The van der Waals surface area contributed by atoms with Gasteiger partial charge in [0.05, 0.1) is 24.1 Å². The normalized spacial score (nSPS) is 10.4. The molecule has 0 bridgehead atoms. The average molecular weight is 281 g/mol. The van der Waals surface area contributed by atoms with Gasteiger partial charge in [-0.1, -0.05) is 0 Å². The van der Waals surface area contributed by atoms with Gasteiger partial charge < -0.3 is 10.1 Å². The molecule has 1 aromatic carbocycles. The molecule has 2 aromatic rings. The predicted molar refractivity (Wildman–Crippen MR) is 68.8 cm³/mol. The second-order valence-corrected chi connectivity index (χ2v) is 4.20. The SMILES string of the molecule is COc1c(F)ccc(C(=O)Nc2cn(C)nc2C)c1F. The van der Waals surface area contributed by atoms with Crippen LogP contribution < -0.4 is 10.1 Å². The molecule has 7 heteroatoms. The molecule has 0 fully saturated rings. The number of aryl methyl sites for hydroxylation is 2. The van der Waals surface area contributed by atoms with Crippen LogP contribution in [0.15, 0.2) is 18.3 Å². The van der Waals surface area contributed by atoms with E-state index >= 15 is 0 Å². The van der Waals surface area contributed by atoms with E-state index in [1.54, 1.807) is 20.2 Å². The number of nitrogens with one attached hydrogen (secondary N) is 1. The van der Waals surface area contributed by atoms with Crippen molar-refractivity contribution < 1.29 is 18.3 Å². The second kappa shape index (κ2) is 5.28. The highest BCUT2D eigenvalue weighted by Gasteiger charge is 2.20. The molecule has 0 atom stereocenters. The molecule has 0 aliphatic rings. The smallest absolute Gasteiger partial charge is 0.258 e. The standard InChI is InChI=1S/C13H13F2N3O2/c1-7-10(6-18(2)17-7)16-13(19)8-4-5-9(14)12(20-3)11(8)15/h4-6H,1-3H3,(H,16,19). The maximum Gasteiger partial charge on any atom is 0.258 e. The van der Waals surface area contributed by atoms with E-state index in [1.807, 2.05) is 0 Å². The lowest BCUT2D eigenvalue weighted by Gasteiger charge is -2.08. The van der Waals surface area contributed by atoms with Crippen molar-refractivity contribution in [3.63, 3.8) is 0 Å². The number of carbonyl (C=O) groups is 1. The van der Waals surface area contributed by atoms with Crippen molar-refractivity contribution in [2.45, 2.75) is 6.92 Å². The average Bonchev–Trinajstić information content (AvgIpc) is 2.68. The number of anilines is 1. The number of aromatic nitrogens is 2. The Balaban J connectivity index is 2.32. The van der Waals surface area contributed by atoms with Crippen molar-refractivity contribution in [3.8, 4) is 5.75 Å². The van der Waals surface area contributed by atoms with E-state index < -0.39 is 23.3 Å². The largest absolute Gasteiger partial charge is 0.491 e. The van der Waals surface area contributed by atoms with Crippen LogP contribution >= 0.6 is 0 Å². The maximum atomic E-state index is 13.9. The van der Waals surface area contributed by atoms with Gasteiger partial charge in [-0.25, -0.2) is 8.78 Å². The van der Waals surface area contributed by atoms with Crippen LogP contribution in [0.25, 0.3) is 0 Å². The molecule has 1 heterocycles. The minimum Gasteiger partial charge on any atom is -0.491 e. The number of rotatable bonds is 3. The molecule has 0 radical (unpaired) electrons. The molecule has 1 aromatic heterocycles. The van der Waals surface area contributed by atoms with Crippen molar-refractivity contribution >= 4 is 11.6 Å². The number of hydrogen-bond donors (Lipinski definition) is 1. The number of benzene rings is 1. The number of hydrogen-bond acceptors (Lipinski definition) is 3. The Hall–Kier alpha value is -2.44. The Morgan fingerprint density at radius 3 is 2.65 bits per heavy atom. The molecule has 1 amide bonds. The van der Waals surface area contributed by atoms with Crippen LogP contribution in [0.5, 0.6) is 5.75 Å². The summed E-state index contributed by atoms with van der Waals surface area (Å²) in [6, 6.07) is 2.04. The number of halogens is 2. The third-order valence-electron chi connectivity index (χ3n) is 2.76. The molecule has 1 N–H and O–H groups in total. The topological polar surface area (TPSA) is 56.1 Å². The summed E-state index contributed by atoms with van der Waals surface area (Å²) in [5.41, 5.74) is 0.752. The van der Waals surface area contributed by atoms with Gasteiger partial charge in [-0.3, -0.25) is 9.48 Å². The summed E-state index contributed by atoms with van der Waals surface area (Å²) in [6.07, 6.45) is 1.59. The zero-order valence-electron chi connectivity index (χ0n) is 11.2. The third-order valence-corrected chi connectivity index (χ3v) is 2.76. The fraction of sp³-hybridized carbons (Fsp3) is 0.231. The monoisotopic (exact) mass is 281 g/mol. The third kappa shape index (κ3) is 2.47. The lowest BCUT2D eigenvalue weighted by Crippen LogP contribution is -2.15. The molecule has 0 unspecified atom stereocenters. The van der Waals surface area contributed by atoms with Crippen LogP contribution in [0.3, 0.4) is 0 Å². The quantitative estimate of drug-likeness (QED) is 0.939. The summed E-state index contributed by atoms with van der Waals surface area (Å²) >= 11 is 0. The van der Waals surface area contributed by atoms with Gasteiger partial charge in [0, 0.05) is 13.2 Å². The highest BCUT2D eigenvalue weighted by molar-refractivity contribution is 6.05. The minimum absolute atomic E-state index is 0.300. The lowest BCUT2D eigenvalue weighted by molar-refractivity contribution is 0.102. The number of methoxy groups -OCH3 is 1. The van der Waals surface area contributed by atoms with Gasteiger partial charge >= 0.3 is 0 Å². The Labute approximate surface area is 114 Å². The highest BCUT2D eigenvalue weighted by Crippen LogP contribution is 2.25. The molecule has 20 heavy (non-hydrogen) atoms. The van der Waals surface area contributed by atoms with E-state index in [9.17, 15) is 13.6 Å². The van der Waals surface area contributed by atoms with E-state index in [-0.39, 0.29) is 5.56 Å². The summed E-state index contributed by atoms with van der Waals surface area (Å²) in [4.78, 5) is 12.0. The molecule has 0 spiro atoms. The zero-order valence-corrected chi connectivity index (χ0v) is 11.2. The van der Waals surface area contributed by atoms with E-state index in [0.29, 0.717) is 11.4 Å². The molecule has 0 aliphatic carbocycles. The van der Waals surface area contributed by atoms with Crippen LogP contribution in [-0.4, -0.2) is 22.8 Å². The van der Waals surface area contributed by atoms with E-state index in [0.717, 1.165) is 19.2 Å². The summed E-state index contributed by atoms with van der Waals surface area (Å²) in [5, 5.41) is 6.57. The van der Waals surface area contributed by atoms with Crippen molar-refractivity contribution in [2.24, 2.45) is 7.05 Å². The summed E-state index contributed by atoms with van der Waals surface area (Å²) < 4.78 is 33.3. The summed E-state index contributed by atoms with van der Waals surface area (Å²) in [6.45, 7) is 1.71. The molecular weight excluding hydrogens is 268 g/mol. The van der Waals surface area contributed by atoms with E-state index in [2.05, 4.69) is 15.2 Å². The van der Waals surface area contributed by atoms with Crippen LogP contribution in [-0.2, 0) is 7.05 Å². The number of carbonyl (C=O) groups excluding carboxylic acids is 1. The fourth-order valence-corrected chi connectivity index (χ4v) is 1.81. The van der Waals surface area contributed by atoms with E-state index in [4.69, 9.17) is 0 Å². The Morgan fingerprint density at radius 1 is 1.40 bits per heavy atom. The van der Waals surface area contributed by atoms with Gasteiger partial charge in [0.1, 0.15) is 0 Å². The van der Waals surface area contributed by atoms with Crippen molar-refractivity contribution in [1.82, 2.24) is 9.78 Å². The highest BCUT2D eigenvalue weighted by atomic mass is 19.1. The van der Waals surface area contributed by atoms with Crippen LogP contribution in [0, 0.1) is 18.6 Å². The van der Waals surface area contributed by atoms with Gasteiger partial charge in [-0.15, -0.1) is 0 Å². The predicted octanol–water partition coefficient (Wildman–Crippen LogP) is 2.27. The molecule has 5 nitrogen and oxygen atoms in total. The number of ether oxygens (including phenoxy) is 1. The number of nitrogens with zero attached hydrogens (tertiary/aromatic N) is 2. The van der Waals surface area contributed by atoms with Crippen molar-refractivity contribution in [1.29, 1.82) is 0 Å². The fourth-order valence-electron chi connectivity index (χ4n) is 1.81. The first-order chi connectivity index (χ1) is 9.43. The minimum atomic E-state index is -1.04. The first kappa shape index (κ1) is 14.0. The van der Waals surface area contributed by atoms with E-state index in [1.165, 1.54) is 4.68 Å². The van der Waals surface area contributed by atoms with Crippen LogP contribution in [0.2, 0.25) is 0 Å². The molecular formula is C13H13F2N3O2. The second-order valence-electron chi connectivity index (χ2n) is 4.20.